The lowest BCUT2D eigenvalue weighted by molar-refractivity contribution is 0.0866. The van der Waals surface area contributed by atoms with Gasteiger partial charge in [-0.1, -0.05) is 0 Å². The molecular weight excluding hydrogens is 231 g/mol. The lowest BCUT2D eigenvalue weighted by Crippen LogP contribution is -2.44. The van der Waals surface area contributed by atoms with Crippen LogP contribution in [0.5, 0.6) is 5.75 Å². The molecule has 1 aromatic heterocycles. The molecule has 2 aliphatic heterocycles. The summed E-state index contributed by atoms with van der Waals surface area (Å²) in [5.41, 5.74) is -0.566. The Morgan fingerprint density at radius 3 is 2.78 bits per heavy atom. The van der Waals surface area contributed by atoms with Crippen molar-refractivity contribution in [3.05, 3.63) is 24.0 Å². The van der Waals surface area contributed by atoms with E-state index < -0.39 is 5.67 Å². The van der Waals surface area contributed by atoms with Crippen molar-refractivity contribution in [2.24, 2.45) is 0 Å². The second-order valence-corrected chi connectivity index (χ2v) is 5.35. The summed E-state index contributed by atoms with van der Waals surface area (Å²) >= 11 is 0. The van der Waals surface area contributed by atoms with E-state index in [0.717, 1.165) is 12.8 Å². The van der Waals surface area contributed by atoms with Crippen LogP contribution in [0.3, 0.4) is 0 Å². The van der Waals surface area contributed by atoms with Crippen LogP contribution in [0.4, 0.5) is 4.39 Å². The number of hydrogen-bond donors (Lipinski definition) is 1. The Labute approximate surface area is 107 Å². The smallest absolute Gasteiger partial charge is 0.140 e. The first-order valence-corrected chi connectivity index (χ1v) is 6.73. The average molecular weight is 250 g/mol. The molecule has 2 aliphatic rings. The summed E-state index contributed by atoms with van der Waals surface area (Å²) in [5, 5.41) is 3.46. The molecule has 2 atom stereocenters. The minimum Gasteiger partial charge on any atom is -0.492 e. The molecule has 2 saturated heterocycles. The van der Waals surface area contributed by atoms with Gasteiger partial charge in [-0.3, -0.25) is 4.98 Å². The van der Waals surface area contributed by atoms with Gasteiger partial charge in [0.05, 0.1) is 12.8 Å². The van der Waals surface area contributed by atoms with E-state index in [2.05, 4.69) is 10.3 Å². The molecule has 3 heterocycles. The molecule has 0 amide bonds. The molecular formula is C14H19FN2O. The Balaban J connectivity index is 1.86. The van der Waals surface area contributed by atoms with Gasteiger partial charge < -0.3 is 10.1 Å². The van der Waals surface area contributed by atoms with Crippen LogP contribution >= 0.6 is 0 Å². The van der Waals surface area contributed by atoms with Crippen LogP contribution in [0.25, 0.3) is 0 Å². The number of aromatic nitrogens is 1. The van der Waals surface area contributed by atoms with Gasteiger partial charge in [-0.05, 0) is 25.8 Å². The van der Waals surface area contributed by atoms with Gasteiger partial charge in [0.1, 0.15) is 11.4 Å². The fourth-order valence-electron chi connectivity index (χ4n) is 3.23. The fraction of sp³-hybridized carbons (Fsp3) is 0.643. The summed E-state index contributed by atoms with van der Waals surface area (Å²) < 4.78 is 20.5. The molecule has 2 unspecified atom stereocenters. The minimum absolute atomic E-state index is 0.324. The maximum absolute atomic E-state index is 15.1. The fourth-order valence-corrected chi connectivity index (χ4v) is 3.23. The third-order valence-electron chi connectivity index (χ3n) is 4.02. The highest BCUT2D eigenvalue weighted by Crippen LogP contribution is 2.44. The first-order valence-electron chi connectivity index (χ1n) is 6.73. The van der Waals surface area contributed by atoms with Gasteiger partial charge in [-0.25, -0.2) is 4.39 Å². The molecule has 0 radical (unpaired) electrons. The predicted molar refractivity (Wildman–Crippen MR) is 67.4 cm³/mol. The summed E-state index contributed by atoms with van der Waals surface area (Å²) in [6.07, 6.45) is 6.59. The lowest BCUT2D eigenvalue weighted by atomic mass is 9.84. The SMILES string of the molecule is CCOc1cncc(C2(F)CC3CCC(C2)N3)c1. The highest BCUT2D eigenvalue weighted by atomic mass is 19.1. The van der Waals surface area contributed by atoms with Crippen molar-refractivity contribution in [2.75, 3.05) is 6.61 Å². The maximum Gasteiger partial charge on any atom is 0.140 e. The van der Waals surface area contributed by atoms with Crippen molar-refractivity contribution in [3.63, 3.8) is 0 Å². The second kappa shape index (κ2) is 4.50. The molecule has 3 nitrogen and oxygen atoms in total. The van der Waals surface area contributed by atoms with Crippen LogP contribution in [0, 0.1) is 0 Å². The third kappa shape index (κ3) is 2.09. The number of nitrogens with one attached hydrogen (secondary N) is 1. The molecule has 3 rings (SSSR count). The standard InChI is InChI=1S/C14H19FN2O/c1-2-18-13-5-10(8-16-9-13)14(15)6-11-3-4-12(7-14)17-11/h5,8-9,11-12,17H,2-4,6-7H2,1H3. The van der Waals surface area contributed by atoms with Crippen LogP contribution in [-0.2, 0) is 5.67 Å². The number of hydrogen-bond acceptors (Lipinski definition) is 3. The molecule has 1 aromatic rings. The zero-order valence-corrected chi connectivity index (χ0v) is 10.7. The number of alkyl halides is 1. The summed E-state index contributed by atoms with van der Waals surface area (Å²) in [5.74, 6) is 0.665. The Bertz CT molecular complexity index is 426. The van der Waals surface area contributed by atoms with E-state index in [-0.39, 0.29) is 0 Å². The van der Waals surface area contributed by atoms with Crippen molar-refractivity contribution >= 4 is 0 Å². The van der Waals surface area contributed by atoms with Crippen molar-refractivity contribution in [1.29, 1.82) is 0 Å². The lowest BCUT2D eigenvalue weighted by Gasteiger charge is -2.35. The van der Waals surface area contributed by atoms with E-state index in [9.17, 15) is 0 Å². The maximum atomic E-state index is 15.1. The highest BCUT2D eigenvalue weighted by molar-refractivity contribution is 5.29. The van der Waals surface area contributed by atoms with E-state index in [1.807, 2.05) is 6.92 Å². The number of piperidine rings is 1. The van der Waals surface area contributed by atoms with Crippen molar-refractivity contribution in [2.45, 2.75) is 50.4 Å². The Morgan fingerprint density at radius 2 is 2.11 bits per heavy atom. The van der Waals surface area contributed by atoms with Gasteiger partial charge in [-0.15, -0.1) is 0 Å². The molecule has 1 N–H and O–H groups in total. The van der Waals surface area contributed by atoms with Gasteiger partial charge in [-0.2, -0.15) is 0 Å². The van der Waals surface area contributed by atoms with E-state index in [0.29, 0.717) is 42.8 Å². The van der Waals surface area contributed by atoms with Gasteiger partial charge in [0.25, 0.3) is 0 Å². The average Bonchev–Trinajstić information content (AvgIpc) is 2.70. The van der Waals surface area contributed by atoms with Crippen LogP contribution < -0.4 is 10.1 Å². The minimum atomic E-state index is -1.24. The number of halogens is 1. The Morgan fingerprint density at radius 1 is 1.39 bits per heavy atom. The number of pyridine rings is 1. The van der Waals surface area contributed by atoms with Crippen LogP contribution in [0.1, 0.15) is 38.2 Å². The monoisotopic (exact) mass is 250 g/mol. The van der Waals surface area contributed by atoms with Gasteiger partial charge in [0.2, 0.25) is 0 Å². The first kappa shape index (κ1) is 11.9. The van der Waals surface area contributed by atoms with Gasteiger partial charge in [0, 0.05) is 36.7 Å². The quantitative estimate of drug-likeness (QED) is 0.895. The van der Waals surface area contributed by atoms with Crippen molar-refractivity contribution in [3.8, 4) is 5.75 Å². The van der Waals surface area contributed by atoms with E-state index in [4.69, 9.17) is 4.74 Å². The Hall–Kier alpha value is -1.16. The van der Waals surface area contributed by atoms with Crippen molar-refractivity contribution < 1.29 is 9.13 Å². The second-order valence-electron chi connectivity index (χ2n) is 5.35. The molecule has 2 fully saturated rings. The van der Waals surface area contributed by atoms with Crippen molar-refractivity contribution in [1.82, 2.24) is 10.3 Å². The number of nitrogens with zero attached hydrogens (tertiary/aromatic N) is 1. The van der Waals surface area contributed by atoms with Crippen LogP contribution in [0.2, 0.25) is 0 Å². The number of ether oxygens (including phenoxy) is 1. The van der Waals surface area contributed by atoms with Gasteiger partial charge >= 0.3 is 0 Å². The zero-order valence-electron chi connectivity index (χ0n) is 10.7. The summed E-state index contributed by atoms with van der Waals surface area (Å²) in [4.78, 5) is 4.11. The molecule has 2 bridgehead atoms. The van der Waals surface area contributed by atoms with E-state index in [1.54, 1.807) is 18.5 Å². The van der Waals surface area contributed by atoms with Crippen LogP contribution in [0.15, 0.2) is 18.5 Å². The van der Waals surface area contributed by atoms with Crippen LogP contribution in [-0.4, -0.2) is 23.7 Å². The molecule has 0 aromatic carbocycles. The third-order valence-corrected chi connectivity index (χ3v) is 4.02. The largest absolute Gasteiger partial charge is 0.492 e. The molecule has 0 aliphatic carbocycles. The molecule has 0 spiro atoms. The summed E-state index contributed by atoms with van der Waals surface area (Å²) in [7, 11) is 0. The highest BCUT2D eigenvalue weighted by Gasteiger charge is 2.45. The van der Waals surface area contributed by atoms with E-state index >= 15 is 4.39 Å². The molecule has 18 heavy (non-hydrogen) atoms. The normalized spacial score (nSPS) is 34.6. The number of rotatable bonds is 3. The molecule has 0 saturated carbocycles. The van der Waals surface area contributed by atoms with Gasteiger partial charge in [0.15, 0.2) is 0 Å². The zero-order chi connectivity index (χ0) is 12.6. The number of fused-ring (bicyclic) bond motifs is 2. The molecule has 4 heteroatoms. The van der Waals surface area contributed by atoms with E-state index in [1.165, 1.54) is 0 Å². The summed E-state index contributed by atoms with van der Waals surface area (Å²) in [6, 6.07) is 2.45. The Kier molecular flexibility index (Phi) is 2.98. The molecule has 98 valence electrons. The topological polar surface area (TPSA) is 34.1 Å². The summed E-state index contributed by atoms with van der Waals surface area (Å²) in [6.45, 7) is 2.50. The predicted octanol–water partition coefficient (Wildman–Crippen LogP) is 2.56. The first-order chi connectivity index (χ1) is 8.69.